The number of anilines is 1. The highest BCUT2D eigenvalue weighted by Gasteiger charge is 2.03. The van der Waals surface area contributed by atoms with Crippen LogP contribution < -0.4 is 10.6 Å². The molecule has 2 N–H and O–H groups in total. The lowest BCUT2D eigenvalue weighted by molar-refractivity contribution is 0.632. The first kappa shape index (κ1) is 11.4. The van der Waals surface area contributed by atoms with E-state index in [2.05, 4.69) is 26.6 Å². The lowest BCUT2D eigenvalue weighted by Crippen LogP contribution is -2.28. The molecule has 0 heterocycles. The van der Waals surface area contributed by atoms with E-state index < -0.39 is 0 Å². The molecule has 14 heavy (non-hydrogen) atoms. The van der Waals surface area contributed by atoms with Gasteiger partial charge in [-0.15, -0.1) is 0 Å². The maximum absolute atomic E-state index is 13.2. The van der Waals surface area contributed by atoms with Gasteiger partial charge in [0, 0.05) is 11.0 Å². The molecule has 0 radical (unpaired) electrons. The molecule has 0 aromatic heterocycles. The Morgan fingerprint density at radius 3 is 2.93 bits per heavy atom. The van der Waals surface area contributed by atoms with Crippen molar-refractivity contribution in [2.45, 2.75) is 6.92 Å². The SMILES string of the molecule is CCNC(=S)Nc1cc(Br)ccc1F. The van der Waals surface area contributed by atoms with Crippen molar-refractivity contribution in [3.63, 3.8) is 0 Å². The molecular weight excluding hydrogens is 267 g/mol. The average Bonchev–Trinajstić information content (AvgIpc) is 2.12. The van der Waals surface area contributed by atoms with Gasteiger partial charge in [0.1, 0.15) is 5.82 Å². The molecule has 1 aromatic rings. The Labute approximate surface area is 96.0 Å². The summed E-state index contributed by atoms with van der Waals surface area (Å²) in [7, 11) is 0. The van der Waals surface area contributed by atoms with Crippen molar-refractivity contribution >= 4 is 38.9 Å². The van der Waals surface area contributed by atoms with Gasteiger partial charge < -0.3 is 10.6 Å². The monoisotopic (exact) mass is 276 g/mol. The van der Waals surface area contributed by atoms with Crippen LogP contribution in [0.3, 0.4) is 0 Å². The summed E-state index contributed by atoms with van der Waals surface area (Å²) in [4.78, 5) is 0. The fraction of sp³-hybridized carbons (Fsp3) is 0.222. The Bertz CT molecular complexity index is 344. The summed E-state index contributed by atoms with van der Waals surface area (Å²) >= 11 is 8.19. The molecule has 0 saturated carbocycles. The molecule has 0 fully saturated rings. The molecule has 0 aliphatic rings. The van der Waals surface area contributed by atoms with Crippen molar-refractivity contribution in [1.29, 1.82) is 0 Å². The number of hydrogen-bond donors (Lipinski definition) is 2. The van der Waals surface area contributed by atoms with E-state index in [4.69, 9.17) is 12.2 Å². The second kappa shape index (κ2) is 5.26. The molecule has 76 valence electrons. The maximum Gasteiger partial charge on any atom is 0.170 e. The number of halogens is 2. The molecule has 2 nitrogen and oxygen atoms in total. The maximum atomic E-state index is 13.2. The smallest absolute Gasteiger partial charge is 0.170 e. The molecule has 0 spiro atoms. The van der Waals surface area contributed by atoms with Gasteiger partial charge in [0.25, 0.3) is 0 Å². The van der Waals surface area contributed by atoms with Gasteiger partial charge in [-0.2, -0.15) is 0 Å². The third kappa shape index (κ3) is 3.23. The summed E-state index contributed by atoms with van der Waals surface area (Å²) in [6.07, 6.45) is 0. The van der Waals surface area contributed by atoms with Crippen molar-refractivity contribution in [3.05, 3.63) is 28.5 Å². The minimum atomic E-state index is -0.326. The molecular formula is C9H10BrFN2S. The van der Waals surface area contributed by atoms with Crippen molar-refractivity contribution in [1.82, 2.24) is 5.32 Å². The van der Waals surface area contributed by atoms with Crippen LogP contribution in [-0.2, 0) is 0 Å². The van der Waals surface area contributed by atoms with Crippen molar-refractivity contribution in [2.75, 3.05) is 11.9 Å². The highest BCUT2D eigenvalue weighted by atomic mass is 79.9. The van der Waals surface area contributed by atoms with E-state index in [1.807, 2.05) is 6.92 Å². The van der Waals surface area contributed by atoms with Gasteiger partial charge in [0.05, 0.1) is 5.69 Å². The molecule has 0 aliphatic carbocycles. The highest BCUT2D eigenvalue weighted by Crippen LogP contribution is 2.19. The third-order valence-electron chi connectivity index (χ3n) is 1.51. The molecule has 0 saturated heterocycles. The molecule has 0 unspecified atom stereocenters. The molecule has 0 aliphatic heterocycles. The molecule has 1 rings (SSSR count). The van der Waals surface area contributed by atoms with E-state index in [0.29, 0.717) is 17.3 Å². The van der Waals surface area contributed by atoms with E-state index in [1.54, 1.807) is 12.1 Å². The van der Waals surface area contributed by atoms with Gasteiger partial charge in [-0.25, -0.2) is 4.39 Å². The Hall–Kier alpha value is -0.680. The van der Waals surface area contributed by atoms with E-state index in [1.165, 1.54) is 6.07 Å². The number of thiocarbonyl (C=S) groups is 1. The van der Waals surface area contributed by atoms with Crippen LogP contribution in [0.4, 0.5) is 10.1 Å². The van der Waals surface area contributed by atoms with Crippen LogP contribution in [0.15, 0.2) is 22.7 Å². The van der Waals surface area contributed by atoms with Gasteiger partial charge in [0.2, 0.25) is 0 Å². The van der Waals surface area contributed by atoms with E-state index >= 15 is 0 Å². The van der Waals surface area contributed by atoms with E-state index in [-0.39, 0.29) is 5.82 Å². The summed E-state index contributed by atoms with van der Waals surface area (Å²) < 4.78 is 14.0. The quantitative estimate of drug-likeness (QED) is 0.813. The zero-order chi connectivity index (χ0) is 10.6. The summed E-state index contributed by atoms with van der Waals surface area (Å²) in [5, 5.41) is 6.07. The first-order valence-corrected chi connectivity index (χ1v) is 5.33. The standard InChI is InChI=1S/C9H10BrFN2S/c1-2-12-9(14)13-8-5-6(10)3-4-7(8)11/h3-5H,2H2,1H3,(H2,12,13,14). The van der Waals surface area contributed by atoms with Crippen LogP contribution in [-0.4, -0.2) is 11.7 Å². The first-order valence-electron chi connectivity index (χ1n) is 4.13. The number of nitrogens with one attached hydrogen (secondary N) is 2. The normalized spacial score (nSPS) is 9.64. The topological polar surface area (TPSA) is 24.1 Å². The van der Waals surface area contributed by atoms with Crippen LogP contribution in [0.25, 0.3) is 0 Å². The van der Waals surface area contributed by atoms with Gasteiger partial charge >= 0.3 is 0 Å². The third-order valence-corrected chi connectivity index (χ3v) is 2.25. The van der Waals surface area contributed by atoms with E-state index in [9.17, 15) is 4.39 Å². The van der Waals surface area contributed by atoms with Gasteiger partial charge in [-0.05, 0) is 37.3 Å². The average molecular weight is 277 g/mol. The lowest BCUT2D eigenvalue weighted by atomic mass is 10.3. The second-order valence-electron chi connectivity index (χ2n) is 2.61. The fourth-order valence-electron chi connectivity index (χ4n) is 0.920. The van der Waals surface area contributed by atoms with Gasteiger partial charge in [0.15, 0.2) is 5.11 Å². The number of rotatable bonds is 2. The molecule has 0 amide bonds. The Morgan fingerprint density at radius 1 is 1.57 bits per heavy atom. The lowest BCUT2D eigenvalue weighted by Gasteiger charge is -2.09. The highest BCUT2D eigenvalue weighted by molar-refractivity contribution is 9.10. The minimum absolute atomic E-state index is 0.326. The van der Waals surface area contributed by atoms with Gasteiger partial charge in [-0.1, -0.05) is 15.9 Å². The van der Waals surface area contributed by atoms with E-state index in [0.717, 1.165) is 4.47 Å². The summed E-state index contributed by atoms with van der Waals surface area (Å²) in [6, 6.07) is 4.65. The zero-order valence-corrected chi connectivity index (χ0v) is 10.0. The molecule has 1 aromatic carbocycles. The fourth-order valence-corrected chi connectivity index (χ4v) is 1.54. The van der Waals surface area contributed by atoms with Crippen LogP contribution in [0.5, 0.6) is 0 Å². The molecule has 0 atom stereocenters. The van der Waals surface area contributed by atoms with Crippen LogP contribution >= 0.6 is 28.1 Å². The zero-order valence-electron chi connectivity index (χ0n) is 7.60. The summed E-state index contributed by atoms with van der Waals surface area (Å²) in [5.41, 5.74) is 0.366. The van der Waals surface area contributed by atoms with Crippen LogP contribution in [0.1, 0.15) is 6.92 Å². The van der Waals surface area contributed by atoms with Crippen molar-refractivity contribution in [2.24, 2.45) is 0 Å². The number of hydrogen-bond acceptors (Lipinski definition) is 1. The first-order chi connectivity index (χ1) is 6.63. The summed E-state index contributed by atoms with van der Waals surface area (Å²) in [6.45, 7) is 2.63. The Kier molecular flexibility index (Phi) is 4.28. The second-order valence-corrected chi connectivity index (χ2v) is 3.93. The van der Waals surface area contributed by atoms with Crippen LogP contribution in [0, 0.1) is 5.82 Å². The molecule has 5 heteroatoms. The van der Waals surface area contributed by atoms with Gasteiger partial charge in [-0.3, -0.25) is 0 Å². The van der Waals surface area contributed by atoms with Crippen molar-refractivity contribution in [3.8, 4) is 0 Å². The predicted octanol–water partition coefficient (Wildman–Crippen LogP) is 2.89. The van der Waals surface area contributed by atoms with Crippen LogP contribution in [0.2, 0.25) is 0 Å². The minimum Gasteiger partial charge on any atom is -0.363 e. The molecule has 0 bridgehead atoms. The largest absolute Gasteiger partial charge is 0.363 e. The Balaban J connectivity index is 2.75. The van der Waals surface area contributed by atoms with Crippen molar-refractivity contribution < 1.29 is 4.39 Å². The Morgan fingerprint density at radius 2 is 2.29 bits per heavy atom. The predicted molar refractivity (Wildman–Crippen MR) is 64.0 cm³/mol. The summed E-state index contributed by atoms with van der Waals surface area (Å²) in [5.74, 6) is -0.326. The number of benzene rings is 1.